The molecule has 14 atom stereocenters. The third kappa shape index (κ3) is 7.13. The molecule has 0 aromatic heterocycles. The zero-order valence-corrected chi connectivity index (χ0v) is 21.8. The van der Waals surface area contributed by atoms with Crippen molar-refractivity contribution < 1.29 is 84.3 Å². The number of hydrogen-bond donors (Lipinski definition) is 11. The van der Waals surface area contributed by atoms with Gasteiger partial charge < -0.3 is 80.1 Å². The van der Waals surface area contributed by atoms with Gasteiger partial charge in [-0.05, 0) is 6.08 Å². The lowest BCUT2D eigenvalue weighted by Crippen LogP contribution is -2.70. The van der Waals surface area contributed by atoms with E-state index in [0.717, 1.165) is 13.2 Å². The van der Waals surface area contributed by atoms with E-state index in [9.17, 15) is 60.7 Å². The second-order valence-electron chi connectivity index (χ2n) is 9.94. The molecule has 41 heavy (non-hydrogen) atoms. The van der Waals surface area contributed by atoms with Gasteiger partial charge in [0.2, 0.25) is 5.91 Å². The Hall–Kier alpha value is -2.04. The molecule has 0 saturated carbocycles. The summed E-state index contributed by atoms with van der Waals surface area (Å²) < 4.78 is 27.3. The predicted octanol–water partition coefficient (Wildman–Crippen LogP) is -6.39. The van der Waals surface area contributed by atoms with Crippen molar-refractivity contribution in [2.45, 2.75) is 98.6 Å². The van der Waals surface area contributed by atoms with Crippen LogP contribution in [0.5, 0.6) is 0 Å². The third-order valence-electron chi connectivity index (χ3n) is 7.04. The van der Waals surface area contributed by atoms with Gasteiger partial charge in [-0.2, -0.15) is 0 Å². The number of aliphatic hydroxyl groups excluding tert-OH is 9. The Labute approximate surface area is 232 Å². The standard InChI is InChI=1S/C23H37NO17/c1-8(28)24-14-10(30)4-23(22(35)36,40-19(14)15(32)11(31)5-25)41-20-16(33)12(6-26)38-21(17(20)34)39-18-9(29)2-3-37-13(18)7-27/h2-3,9-21,25-27,29-34H,4-7H2,1H3,(H,24,28)(H,35,36)/t9-,10+,11-,12-,13-,14-,15+,16+,17-,18+,19-,20+,21+,23+/m1/s1. The topological polar surface area (TPSA) is 295 Å². The maximum absolute atomic E-state index is 12.5. The molecule has 0 bridgehead atoms. The fourth-order valence-corrected chi connectivity index (χ4v) is 4.88. The van der Waals surface area contributed by atoms with E-state index >= 15 is 0 Å². The van der Waals surface area contributed by atoms with E-state index in [1.807, 2.05) is 0 Å². The Kier molecular flexibility index (Phi) is 11.4. The molecule has 1 amide bonds. The number of ether oxygens (including phenoxy) is 5. The molecule has 18 heteroatoms. The van der Waals surface area contributed by atoms with Gasteiger partial charge >= 0.3 is 5.97 Å². The molecular formula is C23H37NO17. The first-order valence-corrected chi connectivity index (χ1v) is 12.7. The number of aliphatic hydroxyl groups is 9. The van der Waals surface area contributed by atoms with E-state index in [1.165, 1.54) is 6.08 Å². The Bertz CT molecular complexity index is 923. The summed E-state index contributed by atoms with van der Waals surface area (Å²) in [4.78, 5) is 24.2. The molecule has 2 fully saturated rings. The minimum Gasteiger partial charge on any atom is -0.493 e. The van der Waals surface area contributed by atoms with E-state index in [-0.39, 0.29) is 0 Å². The van der Waals surface area contributed by atoms with Crippen LogP contribution in [-0.4, -0.2) is 168 Å². The summed E-state index contributed by atoms with van der Waals surface area (Å²) in [5, 5.41) is 105. The highest BCUT2D eigenvalue weighted by atomic mass is 16.8. The lowest BCUT2D eigenvalue weighted by Gasteiger charge is -2.50. The van der Waals surface area contributed by atoms with Gasteiger partial charge in [-0.15, -0.1) is 0 Å². The second-order valence-corrected chi connectivity index (χ2v) is 9.94. The molecule has 0 radical (unpaired) electrons. The molecular weight excluding hydrogens is 562 g/mol. The summed E-state index contributed by atoms with van der Waals surface area (Å²) in [6.07, 6.45) is -19.5. The monoisotopic (exact) mass is 599 g/mol. The first kappa shape index (κ1) is 33.5. The number of aliphatic carboxylic acids is 1. The van der Waals surface area contributed by atoms with Gasteiger partial charge in [0.1, 0.15) is 61.0 Å². The Morgan fingerprint density at radius 1 is 1.05 bits per heavy atom. The van der Waals surface area contributed by atoms with E-state index in [4.69, 9.17) is 23.7 Å². The zero-order valence-electron chi connectivity index (χ0n) is 21.8. The van der Waals surface area contributed by atoms with E-state index < -0.39 is 123 Å². The smallest absolute Gasteiger partial charge is 0.364 e. The first-order chi connectivity index (χ1) is 19.3. The van der Waals surface area contributed by atoms with E-state index in [2.05, 4.69) is 5.32 Å². The zero-order chi connectivity index (χ0) is 30.6. The van der Waals surface area contributed by atoms with Crippen LogP contribution >= 0.6 is 0 Å². The Balaban J connectivity index is 1.94. The number of carbonyl (C=O) groups excluding carboxylic acids is 1. The fraction of sp³-hybridized carbons (Fsp3) is 0.826. The van der Waals surface area contributed by atoms with Crippen molar-refractivity contribution in [1.82, 2.24) is 5.32 Å². The van der Waals surface area contributed by atoms with Crippen LogP contribution in [0, 0.1) is 0 Å². The molecule has 0 aliphatic carbocycles. The maximum atomic E-state index is 12.5. The molecule has 2 saturated heterocycles. The largest absolute Gasteiger partial charge is 0.493 e. The highest BCUT2D eigenvalue weighted by Gasteiger charge is 2.59. The number of carbonyl (C=O) groups is 2. The summed E-state index contributed by atoms with van der Waals surface area (Å²) in [5.74, 6) is -5.59. The molecule has 0 aromatic carbocycles. The molecule has 11 N–H and O–H groups in total. The van der Waals surface area contributed by atoms with Crippen LogP contribution in [0.15, 0.2) is 12.3 Å². The molecule has 3 rings (SSSR count). The van der Waals surface area contributed by atoms with E-state index in [1.54, 1.807) is 0 Å². The minimum absolute atomic E-state index is 0.631. The Morgan fingerprint density at radius 3 is 2.27 bits per heavy atom. The molecule has 3 aliphatic heterocycles. The van der Waals surface area contributed by atoms with Gasteiger partial charge in [-0.25, -0.2) is 4.79 Å². The van der Waals surface area contributed by atoms with Gasteiger partial charge in [0.25, 0.3) is 5.79 Å². The van der Waals surface area contributed by atoms with Crippen LogP contribution in [0.25, 0.3) is 0 Å². The van der Waals surface area contributed by atoms with Gasteiger partial charge in [-0.3, -0.25) is 4.79 Å². The van der Waals surface area contributed by atoms with Gasteiger partial charge in [0.15, 0.2) is 6.29 Å². The van der Waals surface area contributed by atoms with Crippen LogP contribution in [0.1, 0.15) is 13.3 Å². The van der Waals surface area contributed by atoms with Crippen LogP contribution in [0.3, 0.4) is 0 Å². The summed E-state index contributed by atoms with van der Waals surface area (Å²) in [6, 6.07) is -1.50. The first-order valence-electron chi connectivity index (χ1n) is 12.7. The second kappa shape index (κ2) is 14.0. The summed E-state index contributed by atoms with van der Waals surface area (Å²) in [7, 11) is 0. The lowest BCUT2D eigenvalue weighted by atomic mass is 9.88. The number of hydrogen-bond acceptors (Lipinski definition) is 16. The number of nitrogens with one attached hydrogen (secondary N) is 1. The fourth-order valence-electron chi connectivity index (χ4n) is 4.88. The lowest BCUT2D eigenvalue weighted by molar-refractivity contribution is -0.376. The minimum atomic E-state index is -2.95. The van der Waals surface area contributed by atoms with Gasteiger partial charge in [0.05, 0.1) is 38.2 Å². The summed E-state index contributed by atoms with van der Waals surface area (Å²) >= 11 is 0. The van der Waals surface area contributed by atoms with Crippen LogP contribution in [0.2, 0.25) is 0 Å². The molecule has 0 aromatic rings. The molecule has 3 aliphatic rings. The highest BCUT2D eigenvalue weighted by molar-refractivity contribution is 5.76. The SMILES string of the molecule is CC(=O)N[C@H]1[C@H]([C@@H](O)[C@H](O)CO)O[C@@](O[C@H]2[C@@H](O)[C@@H](CO)O[C@@H](O[C@H]3[C@H](O)C=CO[C@@H]3CO)[C@@H]2O)(C(=O)O)C[C@@H]1O. The van der Waals surface area contributed by atoms with Gasteiger partial charge in [-0.1, -0.05) is 0 Å². The van der Waals surface area contributed by atoms with Crippen molar-refractivity contribution in [3.05, 3.63) is 12.3 Å². The quantitative estimate of drug-likeness (QED) is 0.105. The molecule has 3 heterocycles. The summed E-state index contributed by atoms with van der Waals surface area (Å²) in [6.45, 7) is -1.48. The average Bonchev–Trinajstić information content (AvgIpc) is 2.93. The highest BCUT2D eigenvalue weighted by Crippen LogP contribution is 2.38. The van der Waals surface area contributed by atoms with Crippen LogP contribution < -0.4 is 5.32 Å². The summed E-state index contributed by atoms with van der Waals surface area (Å²) in [5.41, 5.74) is 0. The number of amides is 1. The van der Waals surface area contributed by atoms with Crippen molar-refractivity contribution in [3.63, 3.8) is 0 Å². The average molecular weight is 600 g/mol. The number of carboxylic acids is 1. The molecule has 0 spiro atoms. The van der Waals surface area contributed by atoms with Crippen molar-refractivity contribution in [1.29, 1.82) is 0 Å². The van der Waals surface area contributed by atoms with Crippen LogP contribution in [-0.2, 0) is 33.3 Å². The third-order valence-corrected chi connectivity index (χ3v) is 7.04. The maximum Gasteiger partial charge on any atom is 0.364 e. The Morgan fingerprint density at radius 2 is 1.71 bits per heavy atom. The van der Waals surface area contributed by atoms with Gasteiger partial charge in [0, 0.05) is 13.3 Å². The van der Waals surface area contributed by atoms with Crippen molar-refractivity contribution in [3.8, 4) is 0 Å². The predicted molar refractivity (Wildman–Crippen MR) is 127 cm³/mol. The number of rotatable bonds is 11. The normalized spacial score (nSPS) is 42.6. The van der Waals surface area contributed by atoms with E-state index in [0.29, 0.717) is 0 Å². The van der Waals surface area contributed by atoms with Crippen molar-refractivity contribution in [2.75, 3.05) is 19.8 Å². The molecule has 236 valence electrons. The van der Waals surface area contributed by atoms with Crippen molar-refractivity contribution >= 4 is 11.9 Å². The van der Waals surface area contributed by atoms with Crippen molar-refractivity contribution in [2.24, 2.45) is 0 Å². The molecule has 0 unspecified atom stereocenters. The van der Waals surface area contributed by atoms with Crippen LogP contribution in [0.4, 0.5) is 0 Å². The molecule has 18 nitrogen and oxygen atoms in total. The number of carboxylic acid groups (broad SMARTS) is 1.